The summed E-state index contributed by atoms with van der Waals surface area (Å²) >= 11 is 0. The molecule has 1 N–H and O–H groups in total. The molecule has 1 aromatic carbocycles. The fraction of sp³-hybridized carbons (Fsp3) is 0.647. The van der Waals surface area contributed by atoms with E-state index in [0.29, 0.717) is 0 Å². The summed E-state index contributed by atoms with van der Waals surface area (Å²) in [6.45, 7) is 2.07. The second kappa shape index (κ2) is 8.34. The molecule has 2 nitrogen and oxygen atoms in total. The zero-order valence-electron chi connectivity index (χ0n) is 12.1. The summed E-state index contributed by atoms with van der Waals surface area (Å²) in [6, 6.07) is 11.7. The summed E-state index contributed by atoms with van der Waals surface area (Å²) in [7, 11) is 1.79. The molecule has 1 aromatic rings. The van der Waals surface area contributed by atoms with Gasteiger partial charge in [-0.2, -0.15) is 0 Å². The quantitative estimate of drug-likeness (QED) is 0.652. The summed E-state index contributed by atoms with van der Waals surface area (Å²) in [6.07, 6.45) is 7.72. The predicted octanol–water partition coefficient (Wildman–Crippen LogP) is 3.41. The minimum atomic E-state index is 0.764. The number of hydrogen-bond donors (Lipinski definition) is 1. The first-order chi connectivity index (χ1) is 9.38. The average Bonchev–Trinajstić information content (AvgIpc) is 3.26. The van der Waals surface area contributed by atoms with E-state index in [1.165, 1.54) is 50.6 Å². The molecule has 0 aliphatic heterocycles. The van der Waals surface area contributed by atoms with Gasteiger partial charge >= 0.3 is 0 Å². The molecule has 19 heavy (non-hydrogen) atoms. The van der Waals surface area contributed by atoms with Gasteiger partial charge in [-0.05, 0) is 50.1 Å². The molecule has 0 aromatic heterocycles. The van der Waals surface area contributed by atoms with Crippen LogP contribution in [0.2, 0.25) is 0 Å². The molecule has 1 aliphatic carbocycles. The Kier molecular flexibility index (Phi) is 6.38. The molecular formula is C17H27NO. The van der Waals surface area contributed by atoms with E-state index in [1.54, 1.807) is 7.11 Å². The van der Waals surface area contributed by atoms with Crippen molar-refractivity contribution in [1.29, 1.82) is 0 Å². The van der Waals surface area contributed by atoms with Crippen molar-refractivity contribution in [3.05, 3.63) is 35.9 Å². The van der Waals surface area contributed by atoms with E-state index in [0.717, 1.165) is 18.6 Å². The van der Waals surface area contributed by atoms with Gasteiger partial charge in [-0.15, -0.1) is 0 Å². The molecule has 0 spiro atoms. The third kappa shape index (κ3) is 6.22. The van der Waals surface area contributed by atoms with Crippen LogP contribution in [0.5, 0.6) is 0 Å². The number of ether oxygens (including phenoxy) is 1. The van der Waals surface area contributed by atoms with Crippen molar-refractivity contribution < 1.29 is 4.74 Å². The third-order valence-electron chi connectivity index (χ3n) is 3.85. The Labute approximate surface area is 117 Å². The van der Waals surface area contributed by atoms with Gasteiger partial charge in [0.25, 0.3) is 0 Å². The van der Waals surface area contributed by atoms with Crippen LogP contribution in [0, 0.1) is 5.92 Å². The lowest BCUT2D eigenvalue weighted by Gasteiger charge is -2.17. The van der Waals surface area contributed by atoms with Crippen LogP contribution < -0.4 is 5.32 Å². The molecule has 2 heteroatoms. The molecule has 0 radical (unpaired) electrons. The lowest BCUT2D eigenvalue weighted by Crippen LogP contribution is -2.26. The van der Waals surface area contributed by atoms with Gasteiger partial charge in [0, 0.05) is 19.8 Å². The van der Waals surface area contributed by atoms with E-state index in [-0.39, 0.29) is 0 Å². The van der Waals surface area contributed by atoms with Crippen LogP contribution in [0.25, 0.3) is 0 Å². The number of methoxy groups -OCH3 is 1. The zero-order chi connectivity index (χ0) is 13.3. The van der Waals surface area contributed by atoms with E-state index >= 15 is 0 Å². The average molecular weight is 261 g/mol. The standard InChI is InChI=1S/C17H27NO/c1-19-12-6-5-9-16(14-18-17-10-11-17)13-15-7-3-2-4-8-15/h2-4,7-8,16-18H,5-6,9-14H2,1H3. The molecule has 0 amide bonds. The third-order valence-corrected chi connectivity index (χ3v) is 3.85. The monoisotopic (exact) mass is 261 g/mol. The van der Waals surface area contributed by atoms with Crippen molar-refractivity contribution in [1.82, 2.24) is 5.32 Å². The van der Waals surface area contributed by atoms with E-state index in [2.05, 4.69) is 35.6 Å². The minimum absolute atomic E-state index is 0.764. The Morgan fingerprint density at radius 3 is 2.68 bits per heavy atom. The Balaban J connectivity index is 1.74. The SMILES string of the molecule is COCCCCC(CNC1CC1)Cc1ccccc1. The zero-order valence-corrected chi connectivity index (χ0v) is 12.1. The maximum Gasteiger partial charge on any atom is 0.0462 e. The topological polar surface area (TPSA) is 21.3 Å². The van der Waals surface area contributed by atoms with Crippen molar-refractivity contribution in [2.75, 3.05) is 20.3 Å². The van der Waals surface area contributed by atoms with E-state index in [1.807, 2.05) is 0 Å². The van der Waals surface area contributed by atoms with Crippen LogP contribution in [0.1, 0.15) is 37.7 Å². The molecule has 2 rings (SSSR count). The van der Waals surface area contributed by atoms with Crippen LogP contribution in [-0.4, -0.2) is 26.3 Å². The van der Waals surface area contributed by atoms with Crippen molar-refractivity contribution >= 4 is 0 Å². The lowest BCUT2D eigenvalue weighted by molar-refractivity contribution is 0.190. The maximum atomic E-state index is 5.13. The van der Waals surface area contributed by atoms with Gasteiger partial charge in [0.2, 0.25) is 0 Å². The predicted molar refractivity (Wildman–Crippen MR) is 80.4 cm³/mol. The molecule has 1 atom stereocenters. The summed E-state index contributed by atoms with van der Waals surface area (Å²) in [5.74, 6) is 0.764. The van der Waals surface area contributed by atoms with Crippen LogP contribution in [0.3, 0.4) is 0 Å². The fourth-order valence-electron chi connectivity index (χ4n) is 2.52. The maximum absolute atomic E-state index is 5.13. The second-order valence-electron chi connectivity index (χ2n) is 5.73. The van der Waals surface area contributed by atoms with Gasteiger partial charge in [-0.3, -0.25) is 0 Å². The highest BCUT2D eigenvalue weighted by atomic mass is 16.5. The fourth-order valence-corrected chi connectivity index (χ4v) is 2.52. The van der Waals surface area contributed by atoms with Gasteiger partial charge in [0.1, 0.15) is 0 Å². The van der Waals surface area contributed by atoms with Crippen LogP contribution in [0.4, 0.5) is 0 Å². The second-order valence-corrected chi connectivity index (χ2v) is 5.73. The van der Waals surface area contributed by atoms with Crippen LogP contribution in [-0.2, 0) is 11.2 Å². The number of rotatable bonds is 10. The summed E-state index contributed by atoms with van der Waals surface area (Å²) in [4.78, 5) is 0. The Morgan fingerprint density at radius 1 is 1.21 bits per heavy atom. The Morgan fingerprint density at radius 2 is 2.00 bits per heavy atom. The summed E-state index contributed by atoms with van der Waals surface area (Å²) in [5, 5.41) is 3.69. The number of benzene rings is 1. The number of hydrogen-bond acceptors (Lipinski definition) is 2. The highest BCUT2D eigenvalue weighted by Crippen LogP contribution is 2.21. The van der Waals surface area contributed by atoms with Gasteiger partial charge in [-0.25, -0.2) is 0 Å². The minimum Gasteiger partial charge on any atom is -0.385 e. The first-order valence-corrected chi connectivity index (χ1v) is 7.64. The number of unbranched alkanes of at least 4 members (excludes halogenated alkanes) is 1. The molecule has 1 fully saturated rings. The first kappa shape index (κ1) is 14.5. The largest absolute Gasteiger partial charge is 0.385 e. The molecule has 0 heterocycles. The summed E-state index contributed by atoms with van der Waals surface area (Å²) < 4.78 is 5.13. The van der Waals surface area contributed by atoms with Crippen molar-refractivity contribution in [2.45, 2.75) is 44.6 Å². The van der Waals surface area contributed by atoms with Crippen LogP contribution in [0.15, 0.2) is 30.3 Å². The van der Waals surface area contributed by atoms with Crippen LogP contribution >= 0.6 is 0 Å². The molecule has 1 saturated carbocycles. The Bertz CT molecular complexity index is 334. The van der Waals surface area contributed by atoms with Crippen molar-refractivity contribution in [2.24, 2.45) is 5.92 Å². The van der Waals surface area contributed by atoms with E-state index in [9.17, 15) is 0 Å². The Hall–Kier alpha value is -0.860. The van der Waals surface area contributed by atoms with Gasteiger partial charge < -0.3 is 10.1 Å². The molecule has 0 saturated heterocycles. The van der Waals surface area contributed by atoms with E-state index < -0.39 is 0 Å². The molecule has 1 unspecified atom stereocenters. The number of nitrogens with one attached hydrogen (secondary N) is 1. The molecular weight excluding hydrogens is 234 g/mol. The molecule has 106 valence electrons. The lowest BCUT2D eigenvalue weighted by atomic mass is 9.94. The van der Waals surface area contributed by atoms with Gasteiger partial charge in [0.05, 0.1) is 0 Å². The highest BCUT2D eigenvalue weighted by Gasteiger charge is 2.21. The van der Waals surface area contributed by atoms with E-state index in [4.69, 9.17) is 4.74 Å². The highest BCUT2D eigenvalue weighted by molar-refractivity contribution is 5.15. The summed E-state index contributed by atoms with van der Waals surface area (Å²) in [5.41, 5.74) is 1.47. The van der Waals surface area contributed by atoms with Crippen molar-refractivity contribution in [3.8, 4) is 0 Å². The normalized spacial score (nSPS) is 16.5. The van der Waals surface area contributed by atoms with Gasteiger partial charge in [-0.1, -0.05) is 36.8 Å². The van der Waals surface area contributed by atoms with Gasteiger partial charge in [0.15, 0.2) is 0 Å². The smallest absolute Gasteiger partial charge is 0.0462 e. The molecule has 1 aliphatic rings. The first-order valence-electron chi connectivity index (χ1n) is 7.64. The van der Waals surface area contributed by atoms with Crippen molar-refractivity contribution in [3.63, 3.8) is 0 Å². The molecule has 0 bridgehead atoms.